The molecule has 0 aliphatic carbocycles. The van der Waals surface area contributed by atoms with Gasteiger partial charge < -0.3 is 9.88 Å². The van der Waals surface area contributed by atoms with E-state index in [2.05, 4.69) is 53.0 Å². The van der Waals surface area contributed by atoms with Crippen molar-refractivity contribution in [1.29, 1.82) is 0 Å². The third kappa shape index (κ3) is 3.44. The molecule has 0 spiro atoms. The van der Waals surface area contributed by atoms with Crippen LogP contribution in [0.5, 0.6) is 0 Å². The maximum atomic E-state index is 4.20. The molecule has 18 heavy (non-hydrogen) atoms. The molecule has 1 N–H and O–H groups in total. The maximum Gasteiger partial charge on any atom is 0.0948 e. The lowest BCUT2D eigenvalue weighted by Crippen LogP contribution is -2.15. The van der Waals surface area contributed by atoms with E-state index in [1.807, 2.05) is 12.5 Å². The van der Waals surface area contributed by atoms with Crippen molar-refractivity contribution in [2.24, 2.45) is 0 Å². The van der Waals surface area contributed by atoms with Gasteiger partial charge in [0, 0.05) is 25.8 Å². The Balaban J connectivity index is 1.84. The minimum Gasteiger partial charge on any atom is -0.333 e. The fourth-order valence-electron chi connectivity index (χ4n) is 1.98. The summed E-state index contributed by atoms with van der Waals surface area (Å²) in [6.45, 7) is 7.11. The monoisotopic (exact) mass is 243 g/mol. The molecule has 0 radical (unpaired) electrons. The van der Waals surface area contributed by atoms with Crippen molar-refractivity contribution in [3.05, 3.63) is 53.6 Å². The molecule has 1 heterocycles. The maximum absolute atomic E-state index is 4.20. The number of aromatic nitrogens is 2. The molecule has 2 aromatic rings. The Kier molecular flexibility index (Phi) is 4.53. The Hall–Kier alpha value is -1.61. The van der Waals surface area contributed by atoms with Crippen LogP contribution >= 0.6 is 0 Å². The Morgan fingerprint density at radius 1 is 1.17 bits per heavy atom. The normalized spacial score (nSPS) is 10.8. The Bertz CT molecular complexity index is 471. The van der Waals surface area contributed by atoms with Gasteiger partial charge in [0.2, 0.25) is 0 Å². The van der Waals surface area contributed by atoms with E-state index >= 15 is 0 Å². The predicted octanol–water partition coefficient (Wildman–Crippen LogP) is 2.89. The lowest BCUT2D eigenvalue weighted by molar-refractivity contribution is 0.601. The van der Waals surface area contributed by atoms with Gasteiger partial charge in [-0.25, -0.2) is 4.98 Å². The van der Waals surface area contributed by atoms with Crippen molar-refractivity contribution >= 4 is 0 Å². The SMILES string of the molecule is CCCn1cncc1CNCc1ccc(C)cc1. The highest BCUT2D eigenvalue weighted by Gasteiger charge is 2.00. The van der Waals surface area contributed by atoms with E-state index in [1.165, 1.54) is 16.8 Å². The smallest absolute Gasteiger partial charge is 0.0948 e. The number of rotatable bonds is 6. The molecule has 0 saturated heterocycles. The molecule has 0 amide bonds. The van der Waals surface area contributed by atoms with Gasteiger partial charge in [0.1, 0.15) is 0 Å². The Morgan fingerprint density at radius 3 is 2.67 bits per heavy atom. The third-order valence-electron chi connectivity index (χ3n) is 3.02. The van der Waals surface area contributed by atoms with E-state index < -0.39 is 0 Å². The van der Waals surface area contributed by atoms with E-state index in [4.69, 9.17) is 0 Å². The molecule has 3 nitrogen and oxygen atoms in total. The molecule has 0 unspecified atom stereocenters. The lowest BCUT2D eigenvalue weighted by atomic mass is 10.1. The summed E-state index contributed by atoms with van der Waals surface area (Å²) in [5, 5.41) is 3.46. The zero-order chi connectivity index (χ0) is 12.8. The quantitative estimate of drug-likeness (QED) is 0.845. The van der Waals surface area contributed by atoms with E-state index in [0.29, 0.717) is 0 Å². The zero-order valence-electron chi connectivity index (χ0n) is 11.2. The first-order chi connectivity index (χ1) is 8.79. The second-order valence-electron chi connectivity index (χ2n) is 4.67. The summed E-state index contributed by atoms with van der Waals surface area (Å²) in [6, 6.07) is 8.65. The molecule has 0 aliphatic rings. The Morgan fingerprint density at radius 2 is 1.94 bits per heavy atom. The van der Waals surface area contributed by atoms with Crippen molar-refractivity contribution in [3.63, 3.8) is 0 Å². The average molecular weight is 243 g/mol. The number of hydrogen-bond acceptors (Lipinski definition) is 2. The fraction of sp³-hybridized carbons (Fsp3) is 0.400. The van der Waals surface area contributed by atoms with Crippen LogP contribution in [0.1, 0.15) is 30.2 Å². The summed E-state index contributed by atoms with van der Waals surface area (Å²) in [5.41, 5.74) is 3.88. The molecule has 0 atom stereocenters. The first kappa shape index (κ1) is 12.8. The molecule has 0 saturated carbocycles. The van der Waals surface area contributed by atoms with Crippen molar-refractivity contribution in [1.82, 2.24) is 14.9 Å². The van der Waals surface area contributed by atoms with E-state index in [-0.39, 0.29) is 0 Å². The number of benzene rings is 1. The van der Waals surface area contributed by atoms with E-state index in [1.54, 1.807) is 0 Å². The summed E-state index contributed by atoms with van der Waals surface area (Å²) < 4.78 is 2.21. The van der Waals surface area contributed by atoms with Gasteiger partial charge in [-0.2, -0.15) is 0 Å². The predicted molar refractivity (Wildman–Crippen MR) is 74.2 cm³/mol. The molecular formula is C15H21N3. The molecule has 0 aliphatic heterocycles. The fourth-order valence-corrected chi connectivity index (χ4v) is 1.98. The van der Waals surface area contributed by atoms with Gasteiger partial charge in [0.05, 0.1) is 12.0 Å². The van der Waals surface area contributed by atoms with Crippen LogP contribution in [-0.4, -0.2) is 9.55 Å². The second kappa shape index (κ2) is 6.36. The first-order valence-electron chi connectivity index (χ1n) is 6.55. The first-order valence-corrected chi connectivity index (χ1v) is 6.55. The van der Waals surface area contributed by atoms with E-state index in [0.717, 1.165) is 26.1 Å². The summed E-state index contributed by atoms with van der Waals surface area (Å²) in [4.78, 5) is 4.20. The topological polar surface area (TPSA) is 29.9 Å². The molecule has 3 heteroatoms. The van der Waals surface area contributed by atoms with E-state index in [9.17, 15) is 0 Å². The van der Waals surface area contributed by atoms with Gasteiger partial charge in [-0.1, -0.05) is 36.8 Å². The molecule has 0 fully saturated rings. The summed E-state index contributed by atoms with van der Waals surface area (Å²) >= 11 is 0. The minimum atomic E-state index is 0.869. The van der Waals surface area contributed by atoms with Gasteiger partial charge in [-0.3, -0.25) is 0 Å². The van der Waals surface area contributed by atoms with Crippen molar-refractivity contribution < 1.29 is 0 Å². The molecule has 96 valence electrons. The van der Waals surface area contributed by atoms with Crippen LogP contribution in [0.2, 0.25) is 0 Å². The molecule has 0 bridgehead atoms. The minimum absolute atomic E-state index is 0.869. The van der Waals surface area contributed by atoms with Crippen LogP contribution in [0.3, 0.4) is 0 Å². The van der Waals surface area contributed by atoms with Crippen molar-refractivity contribution in [2.45, 2.75) is 39.9 Å². The average Bonchev–Trinajstić information content (AvgIpc) is 2.80. The molecular weight excluding hydrogens is 222 g/mol. The standard InChI is InChI=1S/C15H21N3/c1-3-8-18-12-17-11-15(18)10-16-9-14-6-4-13(2)5-7-14/h4-7,11-12,16H,3,8-10H2,1-2H3. The number of aryl methyl sites for hydroxylation is 2. The molecule has 2 rings (SSSR count). The van der Waals surface area contributed by atoms with Gasteiger partial charge in [-0.15, -0.1) is 0 Å². The summed E-state index contributed by atoms with van der Waals surface area (Å²) in [5.74, 6) is 0. The van der Waals surface area contributed by atoms with Gasteiger partial charge in [-0.05, 0) is 18.9 Å². The molecule has 1 aromatic carbocycles. The summed E-state index contributed by atoms with van der Waals surface area (Å²) in [7, 11) is 0. The number of imidazole rings is 1. The number of nitrogens with zero attached hydrogens (tertiary/aromatic N) is 2. The van der Waals surface area contributed by atoms with Crippen LogP contribution in [0.25, 0.3) is 0 Å². The Labute approximate surface area is 109 Å². The number of nitrogens with one attached hydrogen (secondary N) is 1. The highest BCUT2D eigenvalue weighted by atomic mass is 15.1. The van der Waals surface area contributed by atoms with Crippen LogP contribution in [0, 0.1) is 6.92 Å². The van der Waals surface area contributed by atoms with Crippen LogP contribution in [0.15, 0.2) is 36.8 Å². The van der Waals surface area contributed by atoms with Crippen LogP contribution < -0.4 is 5.32 Å². The molecule has 1 aromatic heterocycles. The second-order valence-corrected chi connectivity index (χ2v) is 4.67. The summed E-state index contributed by atoms with van der Waals surface area (Å²) in [6.07, 6.45) is 4.99. The highest BCUT2D eigenvalue weighted by molar-refractivity contribution is 5.21. The third-order valence-corrected chi connectivity index (χ3v) is 3.02. The van der Waals surface area contributed by atoms with Gasteiger partial charge in [0.25, 0.3) is 0 Å². The lowest BCUT2D eigenvalue weighted by Gasteiger charge is -2.08. The van der Waals surface area contributed by atoms with Gasteiger partial charge in [0.15, 0.2) is 0 Å². The highest BCUT2D eigenvalue weighted by Crippen LogP contribution is 2.04. The largest absolute Gasteiger partial charge is 0.333 e. The van der Waals surface area contributed by atoms with Crippen molar-refractivity contribution in [2.75, 3.05) is 0 Å². The number of hydrogen-bond donors (Lipinski definition) is 1. The van der Waals surface area contributed by atoms with Crippen LogP contribution in [-0.2, 0) is 19.6 Å². The zero-order valence-corrected chi connectivity index (χ0v) is 11.2. The van der Waals surface area contributed by atoms with Crippen molar-refractivity contribution in [3.8, 4) is 0 Å². The van der Waals surface area contributed by atoms with Gasteiger partial charge >= 0.3 is 0 Å². The van der Waals surface area contributed by atoms with Crippen LogP contribution in [0.4, 0.5) is 0 Å².